The predicted molar refractivity (Wildman–Crippen MR) is 135 cm³/mol. The summed E-state index contributed by atoms with van der Waals surface area (Å²) in [6.07, 6.45) is 3.96. The first-order valence-corrected chi connectivity index (χ1v) is 12.1. The maximum atomic E-state index is 12.7. The minimum atomic E-state index is -0.121. The lowest BCUT2D eigenvalue weighted by Crippen LogP contribution is -2.43. The van der Waals surface area contributed by atoms with Crippen LogP contribution in [0.4, 0.5) is 23.1 Å². The summed E-state index contributed by atoms with van der Waals surface area (Å²) in [4.78, 5) is 40.1. The molecule has 1 saturated heterocycles. The van der Waals surface area contributed by atoms with Gasteiger partial charge >= 0.3 is 0 Å². The first-order valence-electron chi connectivity index (χ1n) is 11.7. The van der Waals surface area contributed by atoms with E-state index in [2.05, 4.69) is 46.3 Å². The highest BCUT2D eigenvalue weighted by Gasteiger charge is 2.27. The number of carbonyl (C=O) groups is 2. The molecule has 0 spiro atoms. The molecule has 9 nitrogen and oxygen atoms in total. The van der Waals surface area contributed by atoms with Crippen molar-refractivity contribution in [2.24, 2.45) is 0 Å². The fourth-order valence-corrected chi connectivity index (χ4v) is 4.53. The van der Waals surface area contributed by atoms with Crippen molar-refractivity contribution in [1.29, 1.82) is 0 Å². The number of rotatable bonds is 5. The largest absolute Gasteiger partial charge is 0.352 e. The lowest BCUT2D eigenvalue weighted by Gasteiger charge is -2.29. The normalized spacial score (nSPS) is 17.5. The van der Waals surface area contributed by atoms with E-state index in [9.17, 15) is 9.59 Å². The van der Waals surface area contributed by atoms with E-state index in [-0.39, 0.29) is 23.9 Å². The van der Waals surface area contributed by atoms with Gasteiger partial charge in [-0.15, -0.1) is 0 Å². The molecule has 2 N–H and O–H groups in total. The molecular formula is C24H32ClN7O2. The van der Waals surface area contributed by atoms with E-state index in [1.807, 2.05) is 0 Å². The van der Waals surface area contributed by atoms with Crippen LogP contribution in [0.1, 0.15) is 43.5 Å². The average molecular weight is 486 g/mol. The Morgan fingerprint density at radius 1 is 1.18 bits per heavy atom. The van der Waals surface area contributed by atoms with Crippen molar-refractivity contribution < 1.29 is 9.59 Å². The summed E-state index contributed by atoms with van der Waals surface area (Å²) in [5.74, 6) is 0.985. The van der Waals surface area contributed by atoms with E-state index in [1.54, 1.807) is 36.3 Å². The Morgan fingerprint density at radius 3 is 2.59 bits per heavy atom. The molecule has 182 valence electrons. The highest BCUT2D eigenvalue weighted by atomic mass is 35.5. The van der Waals surface area contributed by atoms with E-state index >= 15 is 0 Å². The van der Waals surface area contributed by atoms with Gasteiger partial charge in [-0.1, -0.05) is 11.6 Å². The molecule has 1 aromatic carbocycles. The molecule has 2 amide bonds. The topological polar surface area (TPSA) is 93.7 Å². The molecule has 2 aliphatic heterocycles. The number of anilines is 4. The number of aromatic nitrogens is 2. The van der Waals surface area contributed by atoms with Crippen molar-refractivity contribution in [2.75, 3.05) is 48.8 Å². The third-order valence-corrected chi connectivity index (χ3v) is 6.79. The lowest BCUT2D eigenvalue weighted by atomic mass is 10.0. The average Bonchev–Trinajstić information content (AvgIpc) is 2.93. The molecule has 0 unspecified atom stereocenters. The van der Waals surface area contributed by atoms with Crippen LogP contribution in [0.2, 0.25) is 5.02 Å². The number of benzene rings is 1. The van der Waals surface area contributed by atoms with E-state index in [1.165, 1.54) is 0 Å². The van der Waals surface area contributed by atoms with E-state index in [0.29, 0.717) is 46.7 Å². The fourth-order valence-electron chi connectivity index (χ4n) is 4.30. The van der Waals surface area contributed by atoms with Crippen LogP contribution >= 0.6 is 11.6 Å². The van der Waals surface area contributed by atoms with Crippen molar-refractivity contribution in [1.82, 2.24) is 20.2 Å². The SMILES string of the molecule is CC(C)N1CCC(=O)N(C)c2cnc(Nc3ccc(C(=O)NC4CCN(C)CC4)cc3Cl)nc21. The molecular weight excluding hydrogens is 454 g/mol. The van der Waals surface area contributed by atoms with Crippen molar-refractivity contribution in [2.45, 2.75) is 45.2 Å². The first kappa shape index (κ1) is 24.2. The summed E-state index contributed by atoms with van der Waals surface area (Å²) >= 11 is 6.51. The Morgan fingerprint density at radius 2 is 1.91 bits per heavy atom. The van der Waals surface area contributed by atoms with E-state index < -0.39 is 0 Å². The smallest absolute Gasteiger partial charge is 0.251 e. The van der Waals surface area contributed by atoms with Crippen LogP contribution in [0.5, 0.6) is 0 Å². The number of halogens is 1. The summed E-state index contributed by atoms with van der Waals surface area (Å²) in [6, 6.07) is 5.52. The van der Waals surface area contributed by atoms with Gasteiger partial charge in [0.15, 0.2) is 5.82 Å². The maximum absolute atomic E-state index is 12.7. The molecule has 2 aromatic rings. The number of carbonyl (C=O) groups excluding carboxylic acids is 2. The minimum Gasteiger partial charge on any atom is -0.352 e. The summed E-state index contributed by atoms with van der Waals surface area (Å²) < 4.78 is 0. The zero-order valence-electron chi connectivity index (χ0n) is 20.1. The highest BCUT2D eigenvalue weighted by molar-refractivity contribution is 6.33. The van der Waals surface area contributed by atoms with Gasteiger partial charge in [0, 0.05) is 37.7 Å². The second-order valence-corrected chi connectivity index (χ2v) is 9.67. The molecule has 0 bridgehead atoms. The zero-order valence-corrected chi connectivity index (χ0v) is 20.9. The van der Waals surface area contributed by atoms with Gasteiger partial charge in [-0.2, -0.15) is 4.98 Å². The number of hydrogen-bond donors (Lipinski definition) is 2. The Hall–Kier alpha value is -2.91. The van der Waals surface area contributed by atoms with Gasteiger partial charge < -0.3 is 25.3 Å². The first-order chi connectivity index (χ1) is 16.2. The number of hydrogen-bond acceptors (Lipinski definition) is 7. The Bertz CT molecular complexity index is 1070. The monoisotopic (exact) mass is 485 g/mol. The van der Waals surface area contributed by atoms with Crippen molar-refractivity contribution in [3.05, 3.63) is 35.0 Å². The Balaban J connectivity index is 1.51. The molecule has 0 aliphatic carbocycles. The van der Waals surface area contributed by atoms with Crippen LogP contribution < -0.4 is 20.4 Å². The van der Waals surface area contributed by atoms with Crippen LogP contribution in [0.25, 0.3) is 0 Å². The number of piperidine rings is 1. The molecule has 10 heteroatoms. The molecule has 0 saturated carbocycles. The predicted octanol–water partition coefficient (Wildman–Crippen LogP) is 3.28. The van der Waals surface area contributed by atoms with Crippen molar-refractivity contribution in [3.63, 3.8) is 0 Å². The van der Waals surface area contributed by atoms with Crippen LogP contribution in [0, 0.1) is 0 Å². The second kappa shape index (κ2) is 10.1. The van der Waals surface area contributed by atoms with Gasteiger partial charge in [-0.3, -0.25) is 9.59 Å². The Kier molecular flexibility index (Phi) is 7.23. The van der Waals surface area contributed by atoms with Crippen LogP contribution in [0.3, 0.4) is 0 Å². The van der Waals surface area contributed by atoms with Gasteiger partial charge in [-0.05, 0) is 65.0 Å². The molecule has 1 fully saturated rings. The summed E-state index contributed by atoms with van der Waals surface area (Å²) in [5, 5.41) is 6.67. The summed E-state index contributed by atoms with van der Waals surface area (Å²) in [6.45, 7) is 6.69. The van der Waals surface area contributed by atoms with Gasteiger partial charge in [0.25, 0.3) is 5.91 Å². The number of fused-ring (bicyclic) bond motifs is 1. The second-order valence-electron chi connectivity index (χ2n) is 9.26. The van der Waals surface area contributed by atoms with Crippen LogP contribution in [-0.4, -0.2) is 72.5 Å². The molecule has 2 aliphatic rings. The molecule has 0 atom stereocenters. The van der Waals surface area contributed by atoms with Crippen molar-refractivity contribution >= 4 is 46.6 Å². The van der Waals surface area contributed by atoms with Crippen LogP contribution in [-0.2, 0) is 4.79 Å². The standard InChI is InChI=1S/C24H32ClN7O2/c1-15(2)32-12-9-21(33)31(4)20-14-26-24(29-22(20)32)28-19-6-5-16(13-18(19)25)23(34)27-17-7-10-30(3)11-8-17/h5-6,13-15,17H,7-12H2,1-4H3,(H,27,34)(H,26,28,29). The van der Waals surface area contributed by atoms with Crippen molar-refractivity contribution in [3.8, 4) is 0 Å². The summed E-state index contributed by atoms with van der Waals surface area (Å²) in [7, 11) is 3.84. The molecule has 1 aromatic heterocycles. The lowest BCUT2D eigenvalue weighted by molar-refractivity contribution is -0.118. The molecule has 0 radical (unpaired) electrons. The van der Waals surface area contributed by atoms with Gasteiger partial charge in [-0.25, -0.2) is 4.98 Å². The quantitative estimate of drug-likeness (QED) is 0.671. The third-order valence-electron chi connectivity index (χ3n) is 6.48. The van der Waals surface area contributed by atoms with E-state index in [4.69, 9.17) is 16.6 Å². The fraction of sp³-hybridized carbons (Fsp3) is 0.500. The number of likely N-dealkylation sites (tertiary alicyclic amines) is 1. The summed E-state index contributed by atoms with van der Waals surface area (Å²) in [5.41, 5.74) is 1.80. The molecule has 3 heterocycles. The van der Waals surface area contributed by atoms with Gasteiger partial charge in [0.05, 0.1) is 16.9 Å². The highest BCUT2D eigenvalue weighted by Crippen LogP contribution is 2.33. The molecule has 4 rings (SSSR count). The number of amides is 2. The molecule has 34 heavy (non-hydrogen) atoms. The number of nitrogens with zero attached hydrogens (tertiary/aromatic N) is 5. The number of nitrogens with one attached hydrogen (secondary N) is 2. The maximum Gasteiger partial charge on any atom is 0.251 e. The van der Waals surface area contributed by atoms with E-state index in [0.717, 1.165) is 25.9 Å². The third kappa shape index (κ3) is 5.26. The Labute approximate surface area is 205 Å². The van der Waals surface area contributed by atoms with Crippen LogP contribution in [0.15, 0.2) is 24.4 Å². The zero-order chi connectivity index (χ0) is 24.4. The van der Waals surface area contributed by atoms with Gasteiger partial charge in [0.2, 0.25) is 11.9 Å². The minimum absolute atomic E-state index is 0.0332. The van der Waals surface area contributed by atoms with Gasteiger partial charge in [0.1, 0.15) is 5.69 Å².